The Balaban J connectivity index is 2.06. The molecule has 0 amide bonds. The molecule has 0 radical (unpaired) electrons. The van der Waals surface area contributed by atoms with Crippen molar-refractivity contribution in [1.82, 2.24) is 0 Å². The summed E-state index contributed by atoms with van der Waals surface area (Å²) in [6.45, 7) is 17.0. The maximum Gasteiger partial charge on any atom is 0.320 e. The largest absolute Gasteiger partial charge is 0.496 e. The van der Waals surface area contributed by atoms with Crippen molar-refractivity contribution in [2.45, 2.75) is 119 Å². The van der Waals surface area contributed by atoms with Crippen LogP contribution in [-0.2, 0) is 9.53 Å². The molecule has 0 spiro atoms. The Bertz CT molecular complexity index is 934. The van der Waals surface area contributed by atoms with Gasteiger partial charge in [0, 0.05) is 5.56 Å². The van der Waals surface area contributed by atoms with E-state index in [1.54, 1.807) is 7.11 Å². The molecular formula is C32H52O5. The lowest BCUT2D eigenvalue weighted by atomic mass is 9.75. The van der Waals surface area contributed by atoms with Crippen LogP contribution in [0.3, 0.4) is 0 Å². The van der Waals surface area contributed by atoms with Gasteiger partial charge in [0.1, 0.15) is 17.1 Å². The smallest absolute Gasteiger partial charge is 0.320 e. The number of hydrogen-bond acceptors (Lipinski definition) is 5. The van der Waals surface area contributed by atoms with Crippen LogP contribution in [0.4, 0.5) is 0 Å². The van der Waals surface area contributed by atoms with Crippen LogP contribution in [0.15, 0.2) is 0 Å². The van der Waals surface area contributed by atoms with E-state index in [0.717, 1.165) is 35.8 Å². The van der Waals surface area contributed by atoms with E-state index in [0.29, 0.717) is 35.0 Å². The minimum atomic E-state index is -0.988. The molecule has 37 heavy (non-hydrogen) atoms. The summed E-state index contributed by atoms with van der Waals surface area (Å²) in [6.07, 6.45) is 10.3. The van der Waals surface area contributed by atoms with Gasteiger partial charge in [0.15, 0.2) is 11.7 Å². The summed E-state index contributed by atoms with van der Waals surface area (Å²) in [4.78, 5) is 26.6. The van der Waals surface area contributed by atoms with E-state index in [1.807, 2.05) is 27.7 Å². The maximum atomic E-state index is 13.8. The number of ketones is 1. The lowest BCUT2D eigenvalue weighted by Gasteiger charge is -2.41. The van der Waals surface area contributed by atoms with Gasteiger partial charge in [-0.3, -0.25) is 9.59 Å². The van der Waals surface area contributed by atoms with Gasteiger partial charge in [-0.2, -0.15) is 0 Å². The zero-order valence-electron chi connectivity index (χ0n) is 25.2. The Kier molecular flexibility index (Phi) is 11.5. The van der Waals surface area contributed by atoms with Gasteiger partial charge in [-0.25, -0.2) is 0 Å². The van der Waals surface area contributed by atoms with Gasteiger partial charge in [0.05, 0.1) is 19.8 Å². The second-order valence-electron chi connectivity index (χ2n) is 12.2. The number of ether oxygens (including phenoxy) is 3. The highest BCUT2D eigenvalue weighted by Gasteiger charge is 2.52. The Hall–Kier alpha value is -2.04. The lowest BCUT2D eigenvalue weighted by Crippen LogP contribution is -2.52. The number of carbonyl (C=O) groups excluding carboxylic acids is 2. The molecule has 1 unspecified atom stereocenters. The van der Waals surface area contributed by atoms with Crippen molar-refractivity contribution in [2.24, 2.45) is 23.7 Å². The summed E-state index contributed by atoms with van der Waals surface area (Å²) in [5.41, 5.74) is 2.06. The second kappa shape index (κ2) is 13.7. The van der Waals surface area contributed by atoms with Gasteiger partial charge in [-0.1, -0.05) is 72.6 Å². The summed E-state index contributed by atoms with van der Waals surface area (Å²) >= 11 is 0. The molecule has 0 saturated carbocycles. The number of rotatable bonds is 14. The summed E-state index contributed by atoms with van der Waals surface area (Å²) in [7, 11) is 2.94. The van der Waals surface area contributed by atoms with Crippen LogP contribution in [0.1, 0.15) is 119 Å². The van der Waals surface area contributed by atoms with Crippen LogP contribution < -0.4 is 9.47 Å². The highest BCUT2D eigenvalue weighted by Crippen LogP contribution is 2.47. The van der Waals surface area contributed by atoms with Gasteiger partial charge in [-0.05, 0) is 69.4 Å². The molecule has 0 aliphatic carbocycles. The molecule has 2 rings (SSSR count). The van der Waals surface area contributed by atoms with Crippen LogP contribution in [0.5, 0.6) is 11.5 Å². The first-order chi connectivity index (χ1) is 17.4. The number of esters is 1. The SMILES string of the molecule is COC(=O)C1C(=O)c2c(C)c(OC)c(C)c(C)c2O[C@]1(C)CCC[C@H](C)CCC[C@H](C)CCCC(C)C. The van der Waals surface area contributed by atoms with Gasteiger partial charge < -0.3 is 14.2 Å². The molecule has 1 aliphatic heterocycles. The normalized spacial score (nSPS) is 20.8. The van der Waals surface area contributed by atoms with Crippen molar-refractivity contribution in [3.05, 3.63) is 22.3 Å². The van der Waals surface area contributed by atoms with Crippen molar-refractivity contribution in [3.8, 4) is 11.5 Å². The first kappa shape index (κ1) is 31.2. The molecule has 0 aromatic heterocycles. The molecule has 0 N–H and O–H groups in total. The van der Waals surface area contributed by atoms with Crippen molar-refractivity contribution < 1.29 is 23.8 Å². The molecule has 0 bridgehead atoms. The molecule has 1 aromatic rings. The topological polar surface area (TPSA) is 61.8 Å². The minimum absolute atomic E-state index is 0.228. The molecule has 1 aliphatic rings. The minimum Gasteiger partial charge on any atom is -0.496 e. The highest BCUT2D eigenvalue weighted by atomic mass is 16.5. The Morgan fingerprint density at radius 3 is 1.92 bits per heavy atom. The maximum absolute atomic E-state index is 13.8. The summed E-state index contributed by atoms with van der Waals surface area (Å²) in [5.74, 6) is 1.70. The summed E-state index contributed by atoms with van der Waals surface area (Å²) in [6, 6.07) is 0. The fourth-order valence-corrected chi connectivity index (χ4v) is 5.99. The Labute approximate surface area is 226 Å². The average Bonchev–Trinajstić information content (AvgIpc) is 2.82. The van der Waals surface area contributed by atoms with E-state index in [1.165, 1.54) is 45.6 Å². The standard InChI is InChI=1S/C32H52O5/c1-20(2)14-11-15-21(3)16-12-17-22(4)18-13-19-32(8)27(31(34)36-10)28(33)26-25(7)29(35-9)23(5)24(6)30(26)37-32/h20-22,27H,11-19H2,1-10H3/t21-,22-,27?,32-/m1/s1. The van der Waals surface area contributed by atoms with Crippen molar-refractivity contribution in [3.63, 3.8) is 0 Å². The van der Waals surface area contributed by atoms with Gasteiger partial charge in [0.2, 0.25) is 0 Å². The molecule has 0 saturated heterocycles. The third kappa shape index (κ3) is 7.51. The predicted molar refractivity (Wildman–Crippen MR) is 151 cm³/mol. The third-order valence-electron chi connectivity index (χ3n) is 8.52. The van der Waals surface area contributed by atoms with Crippen molar-refractivity contribution in [1.29, 1.82) is 0 Å². The molecule has 5 heteroatoms. The molecule has 5 nitrogen and oxygen atoms in total. The van der Waals surface area contributed by atoms with E-state index >= 15 is 0 Å². The van der Waals surface area contributed by atoms with Crippen LogP contribution in [0.2, 0.25) is 0 Å². The first-order valence-electron chi connectivity index (χ1n) is 14.4. The molecular weight excluding hydrogens is 464 g/mol. The zero-order valence-corrected chi connectivity index (χ0v) is 25.2. The van der Waals surface area contributed by atoms with Gasteiger partial charge >= 0.3 is 5.97 Å². The monoisotopic (exact) mass is 516 g/mol. The van der Waals surface area contributed by atoms with Crippen LogP contribution in [0.25, 0.3) is 0 Å². The molecule has 1 heterocycles. The van der Waals surface area contributed by atoms with Gasteiger partial charge in [-0.15, -0.1) is 0 Å². The Morgan fingerprint density at radius 1 is 0.865 bits per heavy atom. The van der Waals surface area contributed by atoms with E-state index in [-0.39, 0.29) is 5.78 Å². The number of carbonyl (C=O) groups is 2. The highest BCUT2D eigenvalue weighted by molar-refractivity contribution is 6.13. The fourth-order valence-electron chi connectivity index (χ4n) is 5.99. The Morgan fingerprint density at radius 2 is 1.41 bits per heavy atom. The quantitative estimate of drug-likeness (QED) is 0.184. The van der Waals surface area contributed by atoms with Crippen LogP contribution >= 0.6 is 0 Å². The van der Waals surface area contributed by atoms with E-state index in [9.17, 15) is 9.59 Å². The summed E-state index contributed by atoms with van der Waals surface area (Å²) < 4.78 is 17.3. The van der Waals surface area contributed by atoms with E-state index in [4.69, 9.17) is 14.2 Å². The average molecular weight is 517 g/mol. The number of hydrogen-bond donors (Lipinski definition) is 0. The summed E-state index contributed by atoms with van der Waals surface area (Å²) in [5, 5.41) is 0. The van der Waals surface area contributed by atoms with E-state index in [2.05, 4.69) is 27.7 Å². The number of Topliss-reactive ketones (excluding diaryl/α,β-unsaturated/α-hetero) is 1. The molecule has 0 fully saturated rings. The lowest BCUT2D eigenvalue weighted by molar-refractivity contribution is -0.151. The number of benzene rings is 1. The first-order valence-corrected chi connectivity index (χ1v) is 14.4. The predicted octanol–water partition coefficient (Wildman–Crippen LogP) is 8.18. The van der Waals surface area contributed by atoms with Crippen LogP contribution in [-0.4, -0.2) is 31.6 Å². The van der Waals surface area contributed by atoms with E-state index < -0.39 is 17.5 Å². The second-order valence-corrected chi connectivity index (χ2v) is 12.2. The third-order valence-corrected chi connectivity index (χ3v) is 8.52. The number of methoxy groups -OCH3 is 2. The van der Waals surface area contributed by atoms with Crippen LogP contribution in [0, 0.1) is 44.4 Å². The molecule has 4 atom stereocenters. The number of fused-ring (bicyclic) bond motifs is 1. The molecule has 1 aromatic carbocycles. The molecule has 210 valence electrons. The fraction of sp³-hybridized carbons (Fsp3) is 0.750. The van der Waals surface area contributed by atoms with Crippen molar-refractivity contribution in [2.75, 3.05) is 14.2 Å². The van der Waals surface area contributed by atoms with Crippen molar-refractivity contribution >= 4 is 11.8 Å². The van der Waals surface area contributed by atoms with Gasteiger partial charge in [0.25, 0.3) is 0 Å². The zero-order chi connectivity index (χ0) is 27.9.